The Balaban J connectivity index is 1.79. The molecule has 7 heteroatoms. The number of carbonyl (C=O) groups excluding carboxylic acids is 1. The van der Waals surface area contributed by atoms with Crippen molar-refractivity contribution in [3.05, 3.63) is 35.5 Å². The molecule has 0 aliphatic carbocycles. The predicted molar refractivity (Wildman–Crippen MR) is 103 cm³/mol. The van der Waals surface area contributed by atoms with Gasteiger partial charge in [-0.2, -0.15) is 0 Å². The highest BCUT2D eigenvalue weighted by atomic mass is 16.6. The van der Waals surface area contributed by atoms with E-state index in [9.17, 15) is 14.7 Å². The number of aromatic amines is 1. The Bertz CT molecular complexity index is 845. The van der Waals surface area contributed by atoms with Gasteiger partial charge < -0.3 is 19.7 Å². The largest absolute Gasteiger partial charge is 0.480 e. The number of nitrogens with one attached hydrogen (secondary N) is 1. The summed E-state index contributed by atoms with van der Waals surface area (Å²) < 4.78 is 5.42. The normalized spacial score (nSPS) is 17.1. The van der Waals surface area contributed by atoms with Gasteiger partial charge in [-0.3, -0.25) is 9.69 Å². The van der Waals surface area contributed by atoms with Gasteiger partial charge in [0, 0.05) is 48.3 Å². The molecule has 1 aromatic heterocycles. The molecule has 146 valence electrons. The van der Waals surface area contributed by atoms with Crippen LogP contribution in [0, 0.1) is 6.92 Å². The third-order valence-electron chi connectivity index (χ3n) is 4.78. The molecule has 2 aromatic rings. The zero-order valence-electron chi connectivity index (χ0n) is 16.3. The molecule has 27 heavy (non-hydrogen) atoms. The Hall–Kier alpha value is -2.54. The van der Waals surface area contributed by atoms with E-state index >= 15 is 0 Å². The minimum Gasteiger partial charge on any atom is -0.480 e. The fraction of sp³-hybridized carbons (Fsp3) is 0.500. The number of nitrogens with zero attached hydrogens (tertiary/aromatic N) is 2. The highest BCUT2D eigenvalue weighted by Gasteiger charge is 2.35. The van der Waals surface area contributed by atoms with E-state index in [0.29, 0.717) is 26.2 Å². The average Bonchev–Trinajstić information content (AvgIpc) is 2.90. The summed E-state index contributed by atoms with van der Waals surface area (Å²) in [5, 5.41) is 10.9. The summed E-state index contributed by atoms with van der Waals surface area (Å²) in [6.45, 7) is 9.26. The maximum Gasteiger partial charge on any atom is 0.410 e. The van der Waals surface area contributed by atoms with Gasteiger partial charge in [-0.1, -0.05) is 18.2 Å². The number of hydrogen-bond donors (Lipinski definition) is 2. The van der Waals surface area contributed by atoms with Crippen molar-refractivity contribution >= 4 is 23.0 Å². The number of carboxylic acids is 1. The Morgan fingerprint density at radius 2 is 1.78 bits per heavy atom. The fourth-order valence-electron chi connectivity index (χ4n) is 3.60. The van der Waals surface area contributed by atoms with Gasteiger partial charge in [0.05, 0.1) is 0 Å². The lowest BCUT2D eigenvalue weighted by molar-refractivity contribution is -0.144. The molecule has 0 saturated carbocycles. The van der Waals surface area contributed by atoms with Gasteiger partial charge in [-0.15, -0.1) is 0 Å². The number of amides is 1. The molecule has 1 fully saturated rings. The van der Waals surface area contributed by atoms with Crippen LogP contribution in [0.1, 0.15) is 38.1 Å². The number of aliphatic carboxylic acids is 1. The first-order valence-corrected chi connectivity index (χ1v) is 9.19. The molecule has 1 aliphatic rings. The zero-order valence-corrected chi connectivity index (χ0v) is 16.3. The molecule has 7 nitrogen and oxygen atoms in total. The maximum atomic E-state index is 12.2. The zero-order chi connectivity index (χ0) is 19.8. The minimum absolute atomic E-state index is 0.350. The number of carboxylic acid groups (broad SMARTS) is 1. The average molecular weight is 373 g/mol. The molecule has 0 spiro atoms. The molecular formula is C20H27N3O4. The van der Waals surface area contributed by atoms with Gasteiger partial charge in [-0.25, -0.2) is 4.79 Å². The molecule has 2 N–H and O–H groups in total. The van der Waals surface area contributed by atoms with Crippen LogP contribution in [-0.2, 0) is 9.53 Å². The third kappa shape index (κ3) is 4.08. The summed E-state index contributed by atoms with van der Waals surface area (Å²) in [5.74, 6) is -0.881. The van der Waals surface area contributed by atoms with Crippen LogP contribution < -0.4 is 0 Å². The Kier molecular flexibility index (Phi) is 5.15. The van der Waals surface area contributed by atoms with Crippen LogP contribution in [0.2, 0.25) is 0 Å². The van der Waals surface area contributed by atoms with Crippen molar-refractivity contribution in [1.82, 2.24) is 14.8 Å². The lowest BCUT2D eigenvalue weighted by atomic mass is 10.0. The number of ether oxygens (including phenoxy) is 1. The highest BCUT2D eigenvalue weighted by Crippen LogP contribution is 2.32. The van der Waals surface area contributed by atoms with Gasteiger partial charge >= 0.3 is 12.1 Å². The van der Waals surface area contributed by atoms with Crippen LogP contribution in [0.25, 0.3) is 10.9 Å². The maximum absolute atomic E-state index is 12.2. The number of benzene rings is 1. The third-order valence-corrected chi connectivity index (χ3v) is 4.78. The summed E-state index contributed by atoms with van der Waals surface area (Å²) in [4.78, 5) is 31.2. The number of carbonyl (C=O) groups is 2. The molecule has 1 saturated heterocycles. The van der Waals surface area contributed by atoms with E-state index in [-0.39, 0.29) is 6.09 Å². The summed E-state index contributed by atoms with van der Waals surface area (Å²) in [6, 6.07) is 6.99. The Labute approximate surface area is 158 Å². The van der Waals surface area contributed by atoms with Crippen molar-refractivity contribution in [2.24, 2.45) is 0 Å². The van der Waals surface area contributed by atoms with E-state index in [2.05, 4.69) is 4.98 Å². The second kappa shape index (κ2) is 7.23. The number of aromatic nitrogens is 1. The molecule has 2 heterocycles. The first kappa shape index (κ1) is 19.2. The van der Waals surface area contributed by atoms with Crippen LogP contribution in [0.5, 0.6) is 0 Å². The second-order valence-corrected chi connectivity index (χ2v) is 7.95. The number of para-hydroxylation sites is 1. The van der Waals surface area contributed by atoms with Gasteiger partial charge in [0.2, 0.25) is 0 Å². The molecule has 0 unspecified atom stereocenters. The van der Waals surface area contributed by atoms with E-state index in [1.807, 2.05) is 56.9 Å². The first-order chi connectivity index (χ1) is 12.7. The van der Waals surface area contributed by atoms with Gasteiger partial charge in [0.25, 0.3) is 0 Å². The number of rotatable bonds is 3. The van der Waals surface area contributed by atoms with E-state index in [0.717, 1.165) is 22.2 Å². The predicted octanol–water partition coefficient (Wildman–Crippen LogP) is 3.15. The summed E-state index contributed by atoms with van der Waals surface area (Å²) in [5.41, 5.74) is 2.05. The summed E-state index contributed by atoms with van der Waals surface area (Å²) in [7, 11) is 0. The number of H-pyrrole nitrogens is 1. The number of hydrogen-bond acceptors (Lipinski definition) is 4. The van der Waals surface area contributed by atoms with E-state index in [1.165, 1.54) is 0 Å². The molecular weight excluding hydrogens is 346 g/mol. The van der Waals surface area contributed by atoms with Crippen LogP contribution >= 0.6 is 0 Å². The summed E-state index contributed by atoms with van der Waals surface area (Å²) >= 11 is 0. The van der Waals surface area contributed by atoms with Gasteiger partial charge in [0.15, 0.2) is 0 Å². The Morgan fingerprint density at radius 1 is 1.15 bits per heavy atom. The van der Waals surface area contributed by atoms with Gasteiger partial charge in [0.1, 0.15) is 11.6 Å². The molecule has 1 aliphatic heterocycles. The van der Waals surface area contributed by atoms with Gasteiger partial charge in [-0.05, 0) is 33.8 Å². The highest BCUT2D eigenvalue weighted by molar-refractivity contribution is 5.90. The van der Waals surface area contributed by atoms with Crippen molar-refractivity contribution in [3.8, 4) is 0 Å². The van der Waals surface area contributed by atoms with Crippen molar-refractivity contribution in [2.45, 2.75) is 39.3 Å². The van der Waals surface area contributed by atoms with Crippen molar-refractivity contribution in [1.29, 1.82) is 0 Å². The molecule has 1 aromatic carbocycles. The number of aryl methyl sites for hydroxylation is 1. The van der Waals surface area contributed by atoms with E-state index in [4.69, 9.17) is 4.74 Å². The topological polar surface area (TPSA) is 85.9 Å². The van der Waals surface area contributed by atoms with Crippen molar-refractivity contribution in [2.75, 3.05) is 26.2 Å². The van der Waals surface area contributed by atoms with Crippen LogP contribution in [0.4, 0.5) is 4.79 Å². The van der Waals surface area contributed by atoms with Crippen molar-refractivity contribution in [3.63, 3.8) is 0 Å². The molecule has 0 bridgehead atoms. The number of piperazine rings is 1. The van der Waals surface area contributed by atoms with E-state index in [1.54, 1.807) is 4.90 Å². The fourth-order valence-corrected chi connectivity index (χ4v) is 3.60. The molecule has 1 amide bonds. The standard InChI is InChI=1S/C20H27N3O4/c1-13-16(14-7-5-6-8-15(14)21-13)17(18(24)25)22-9-11-23(12-10-22)19(26)27-20(2,3)4/h5-8,17,21H,9-12H2,1-4H3,(H,24,25)/t17-/m0/s1. The quantitative estimate of drug-likeness (QED) is 0.863. The van der Waals surface area contributed by atoms with E-state index < -0.39 is 17.6 Å². The molecule has 1 atom stereocenters. The van der Waals surface area contributed by atoms with Crippen LogP contribution in [0.15, 0.2) is 24.3 Å². The lowest BCUT2D eigenvalue weighted by Gasteiger charge is -2.38. The van der Waals surface area contributed by atoms with Crippen molar-refractivity contribution < 1.29 is 19.4 Å². The lowest BCUT2D eigenvalue weighted by Crippen LogP contribution is -2.52. The smallest absolute Gasteiger partial charge is 0.410 e. The van der Waals surface area contributed by atoms with Crippen LogP contribution in [0.3, 0.4) is 0 Å². The van der Waals surface area contributed by atoms with Crippen LogP contribution in [-0.4, -0.2) is 63.7 Å². The monoisotopic (exact) mass is 373 g/mol. The SMILES string of the molecule is Cc1[nH]c2ccccc2c1[C@@H](C(=O)O)N1CCN(C(=O)OC(C)(C)C)CC1. The Morgan fingerprint density at radius 3 is 2.37 bits per heavy atom. The molecule has 0 radical (unpaired) electrons. The minimum atomic E-state index is -0.881. The molecule has 3 rings (SSSR count). The first-order valence-electron chi connectivity index (χ1n) is 9.19. The number of fused-ring (bicyclic) bond motifs is 1. The summed E-state index contributed by atoms with van der Waals surface area (Å²) in [6.07, 6.45) is -0.350. The second-order valence-electron chi connectivity index (χ2n) is 7.95.